The first-order valence-electron chi connectivity index (χ1n) is 6.01. The van der Waals surface area contributed by atoms with Crippen molar-refractivity contribution in [3.63, 3.8) is 0 Å². The van der Waals surface area contributed by atoms with E-state index in [1.54, 1.807) is 30.3 Å². The predicted molar refractivity (Wildman–Crippen MR) is 75.0 cm³/mol. The molecule has 2 rings (SSSR count). The van der Waals surface area contributed by atoms with E-state index in [9.17, 15) is 12.8 Å². The number of sulfone groups is 1. The molecule has 0 N–H and O–H groups in total. The molecule has 0 radical (unpaired) electrons. The molecule has 0 aliphatic rings. The summed E-state index contributed by atoms with van der Waals surface area (Å²) in [6.07, 6.45) is 0. The Morgan fingerprint density at radius 2 is 1.86 bits per heavy atom. The van der Waals surface area contributed by atoms with Gasteiger partial charge in [0, 0.05) is 0 Å². The molecule has 0 aromatic heterocycles. The number of hydrogen-bond donors (Lipinski definition) is 0. The van der Waals surface area contributed by atoms with Crippen molar-refractivity contribution < 1.29 is 17.5 Å². The molecule has 0 saturated heterocycles. The molecule has 0 amide bonds. The van der Waals surface area contributed by atoms with Gasteiger partial charge in [0.05, 0.1) is 23.3 Å². The van der Waals surface area contributed by atoms with Gasteiger partial charge in [-0.05, 0) is 35.9 Å². The SMILES string of the molecule is COc1ccc(CS(=O)(=O)c2ccc(F)c(C#N)c2)cc1. The summed E-state index contributed by atoms with van der Waals surface area (Å²) < 4.78 is 42.8. The monoisotopic (exact) mass is 305 g/mol. The molecule has 0 aliphatic carbocycles. The third-order valence-electron chi connectivity index (χ3n) is 2.93. The molecule has 0 bridgehead atoms. The molecule has 0 fully saturated rings. The minimum atomic E-state index is -3.64. The lowest BCUT2D eigenvalue weighted by Gasteiger charge is -2.06. The Hall–Kier alpha value is -2.39. The van der Waals surface area contributed by atoms with Crippen molar-refractivity contribution in [1.29, 1.82) is 5.26 Å². The summed E-state index contributed by atoms with van der Waals surface area (Å²) in [6.45, 7) is 0. The molecule has 4 nitrogen and oxygen atoms in total. The summed E-state index contributed by atoms with van der Waals surface area (Å²) in [6, 6.07) is 11.4. The van der Waals surface area contributed by atoms with Gasteiger partial charge in [0.15, 0.2) is 9.84 Å². The minimum absolute atomic E-state index is 0.0729. The van der Waals surface area contributed by atoms with E-state index in [0.29, 0.717) is 11.3 Å². The second-order valence-electron chi connectivity index (χ2n) is 4.36. The molecular weight excluding hydrogens is 293 g/mol. The molecule has 6 heteroatoms. The lowest BCUT2D eigenvalue weighted by Crippen LogP contribution is -2.06. The van der Waals surface area contributed by atoms with Crippen LogP contribution < -0.4 is 4.74 Å². The molecule has 0 spiro atoms. The standard InChI is InChI=1S/C15H12FNO3S/c1-20-13-4-2-11(3-5-13)10-21(18,19)14-6-7-15(16)12(8-14)9-17/h2-8H,10H2,1H3. The highest BCUT2D eigenvalue weighted by molar-refractivity contribution is 7.90. The maximum Gasteiger partial charge on any atom is 0.182 e. The Labute approximate surface area is 122 Å². The van der Waals surface area contributed by atoms with Crippen LogP contribution in [0.5, 0.6) is 5.75 Å². The highest BCUT2D eigenvalue weighted by Gasteiger charge is 2.17. The van der Waals surface area contributed by atoms with E-state index >= 15 is 0 Å². The Balaban J connectivity index is 2.31. The van der Waals surface area contributed by atoms with E-state index in [1.807, 2.05) is 0 Å². The lowest BCUT2D eigenvalue weighted by atomic mass is 10.2. The quantitative estimate of drug-likeness (QED) is 0.814. The summed E-state index contributed by atoms with van der Waals surface area (Å²) in [5.41, 5.74) is 0.296. The highest BCUT2D eigenvalue weighted by Crippen LogP contribution is 2.20. The highest BCUT2D eigenvalue weighted by atomic mass is 32.2. The summed E-state index contributed by atoms with van der Waals surface area (Å²) in [7, 11) is -2.12. The molecule has 108 valence electrons. The van der Waals surface area contributed by atoms with Crippen molar-refractivity contribution >= 4 is 9.84 Å². The van der Waals surface area contributed by atoms with Crippen molar-refractivity contribution in [2.24, 2.45) is 0 Å². The molecule has 2 aromatic rings. The summed E-state index contributed by atoms with van der Waals surface area (Å²) in [5.74, 6) is -0.335. The number of halogens is 1. The van der Waals surface area contributed by atoms with Gasteiger partial charge in [0.2, 0.25) is 0 Å². The van der Waals surface area contributed by atoms with Crippen molar-refractivity contribution in [3.05, 3.63) is 59.4 Å². The average Bonchev–Trinajstić information content (AvgIpc) is 2.48. The second-order valence-corrected chi connectivity index (χ2v) is 6.35. The molecule has 0 heterocycles. The fraction of sp³-hybridized carbons (Fsp3) is 0.133. The van der Waals surface area contributed by atoms with Gasteiger partial charge in [-0.3, -0.25) is 0 Å². The topological polar surface area (TPSA) is 67.2 Å². The van der Waals surface area contributed by atoms with Gasteiger partial charge in [-0.25, -0.2) is 12.8 Å². The van der Waals surface area contributed by atoms with Crippen LogP contribution in [0.1, 0.15) is 11.1 Å². The first-order valence-corrected chi connectivity index (χ1v) is 7.67. The maximum atomic E-state index is 13.2. The largest absolute Gasteiger partial charge is 0.497 e. The maximum absolute atomic E-state index is 13.2. The fourth-order valence-electron chi connectivity index (χ4n) is 1.81. The first-order chi connectivity index (χ1) is 9.96. The van der Waals surface area contributed by atoms with Crippen LogP contribution in [-0.2, 0) is 15.6 Å². The van der Waals surface area contributed by atoms with Crippen LogP contribution in [0.15, 0.2) is 47.4 Å². The van der Waals surface area contributed by atoms with Crippen molar-refractivity contribution in [2.45, 2.75) is 10.6 Å². The molecule has 0 unspecified atom stereocenters. The molecule has 0 atom stereocenters. The van der Waals surface area contributed by atoms with E-state index in [0.717, 1.165) is 18.2 Å². The van der Waals surface area contributed by atoms with Crippen LogP contribution in [0.25, 0.3) is 0 Å². The lowest BCUT2D eigenvalue weighted by molar-refractivity contribution is 0.414. The van der Waals surface area contributed by atoms with Crippen LogP contribution in [0.2, 0.25) is 0 Å². The van der Waals surface area contributed by atoms with E-state index in [4.69, 9.17) is 10.00 Å². The van der Waals surface area contributed by atoms with Crippen molar-refractivity contribution in [2.75, 3.05) is 7.11 Å². The van der Waals surface area contributed by atoms with Crippen LogP contribution in [0.4, 0.5) is 4.39 Å². The van der Waals surface area contributed by atoms with Crippen LogP contribution in [-0.4, -0.2) is 15.5 Å². The molecule has 2 aromatic carbocycles. The number of ether oxygens (including phenoxy) is 1. The zero-order chi connectivity index (χ0) is 15.5. The third kappa shape index (κ3) is 3.38. The van der Waals surface area contributed by atoms with E-state index in [2.05, 4.69) is 0 Å². The van der Waals surface area contributed by atoms with Crippen LogP contribution >= 0.6 is 0 Å². The molecule has 0 aliphatic heterocycles. The molecular formula is C15H12FNO3S. The van der Waals surface area contributed by atoms with Crippen molar-refractivity contribution in [1.82, 2.24) is 0 Å². The second kappa shape index (κ2) is 5.94. The van der Waals surface area contributed by atoms with Crippen molar-refractivity contribution in [3.8, 4) is 11.8 Å². The van der Waals surface area contributed by atoms with Crippen LogP contribution in [0.3, 0.4) is 0 Å². The van der Waals surface area contributed by atoms with Crippen LogP contribution in [0, 0.1) is 17.1 Å². The number of nitriles is 1. The number of hydrogen-bond acceptors (Lipinski definition) is 4. The number of nitrogens with zero attached hydrogens (tertiary/aromatic N) is 1. The Morgan fingerprint density at radius 3 is 2.43 bits per heavy atom. The fourth-order valence-corrected chi connectivity index (χ4v) is 3.18. The number of methoxy groups -OCH3 is 1. The average molecular weight is 305 g/mol. The van der Waals surface area contributed by atoms with Gasteiger partial charge in [-0.2, -0.15) is 5.26 Å². The first kappa shape index (κ1) is 15.0. The summed E-state index contributed by atoms with van der Waals surface area (Å²) in [4.78, 5) is -0.0729. The normalized spacial score (nSPS) is 10.9. The van der Waals surface area contributed by atoms with Gasteiger partial charge in [0.25, 0.3) is 0 Å². The number of benzene rings is 2. The third-order valence-corrected chi connectivity index (χ3v) is 4.62. The number of rotatable bonds is 4. The van der Waals surface area contributed by atoms with Gasteiger partial charge in [0.1, 0.15) is 17.6 Å². The predicted octanol–water partition coefficient (Wildman–Crippen LogP) is 2.68. The Bertz CT molecular complexity index is 793. The van der Waals surface area contributed by atoms with E-state index in [1.165, 1.54) is 7.11 Å². The summed E-state index contributed by atoms with van der Waals surface area (Å²) >= 11 is 0. The van der Waals surface area contributed by atoms with Gasteiger partial charge in [-0.1, -0.05) is 12.1 Å². The zero-order valence-electron chi connectivity index (χ0n) is 11.2. The van der Waals surface area contributed by atoms with Gasteiger partial charge >= 0.3 is 0 Å². The van der Waals surface area contributed by atoms with E-state index in [-0.39, 0.29) is 16.2 Å². The molecule has 0 saturated carbocycles. The smallest absolute Gasteiger partial charge is 0.182 e. The summed E-state index contributed by atoms with van der Waals surface area (Å²) in [5, 5.41) is 8.76. The van der Waals surface area contributed by atoms with Gasteiger partial charge in [-0.15, -0.1) is 0 Å². The van der Waals surface area contributed by atoms with E-state index < -0.39 is 15.7 Å². The molecule has 21 heavy (non-hydrogen) atoms. The zero-order valence-corrected chi connectivity index (χ0v) is 12.0. The Morgan fingerprint density at radius 1 is 1.19 bits per heavy atom. The minimum Gasteiger partial charge on any atom is -0.497 e. The Kier molecular flexibility index (Phi) is 4.24. The van der Waals surface area contributed by atoms with Gasteiger partial charge < -0.3 is 4.74 Å².